The van der Waals surface area contributed by atoms with E-state index in [2.05, 4.69) is 33.6 Å². The van der Waals surface area contributed by atoms with E-state index in [0.29, 0.717) is 6.54 Å². The number of nitrogens with zero attached hydrogens (tertiary/aromatic N) is 3. The smallest absolute Gasteiger partial charge is 0.0924 e. The number of para-hydroxylation sites is 2. The Kier molecular flexibility index (Phi) is 3.84. The molecule has 5 nitrogen and oxygen atoms in total. The van der Waals surface area contributed by atoms with Crippen molar-refractivity contribution in [3.05, 3.63) is 78.2 Å². The number of fused-ring (bicyclic) bond motifs is 1. The van der Waals surface area contributed by atoms with Gasteiger partial charge >= 0.3 is 0 Å². The van der Waals surface area contributed by atoms with E-state index < -0.39 is 0 Å². The third-order valence-electron chi connectivity index (χ3n) is 4.18. The van der Waals surface area contributed by atoms with Crippen molar-refractivity contribution in [2.24, 2.45) is 0 Å². The Morgan fingerprint density at radius 2 is 1.83 bits per heavy atom. The van der Waals surface area contributed by atoms with Crippen molar-refractivity contribution in [1.29, 1.82) is 0 Å². The SMILES string of the molecule is CC(NCc1ccn(-c2ccccc2)n1)c1[nH]nc2ccccc12. The van der Waals surface area contributed by atoms with Crippen LogP contribution in [0.1, 0.15) is 24.4 Å². The third kappa shape index (κ3) is 2.81. The van der Waals surface area contributed by atoms with Gasteiger partial charge in [-0.2, -0.15) is 10.2 Å². The molecule has 1 unspecified atom stereocenters. The van der Waals surface area contributed by atoms with Crippen molar-refractivity contribution in [2.75, 3.05) is 0 Å². The quantitative estimate of drug-likeness (QED) is 0.591. The summed E-state index contributed by atoms with van der Waals surface area (Å²) in [6, 6.07) is 20.5. The largest absolute Gasteiger partial charge is 0.303 e. The van der Waals surface area contributed by atoms with Crippen LogP contribution in [0, 0.1) is 0 Å². The lowest BCUT2D eigenvalue weighted by molar-refractivity contribution is 0.554. The molecule has 1 atom stereocenters. The minimum absolute atomic E-state index is 0.166. The number of nitrogens with one attached hydrogen (secondary N) is 2. The molecule has 4 aromatic rings. The van der Waals surface area contributed by atoms with E-state index in [0.717, 1.165) is 28.0 Å². The van der Waals surface area contributed by atoms with Gasteiger partial charge in [0, 0.05) is 24.2 Å². The average molecular weight is 317 g/mol. The van der Waals surface area contributed by atoms with Gasteiger partial charge in [-0.25, -0.2) is 4.68 Å². The summed E-state index contributed by atoms with van der Waals surface area (Å²) >= 11 is 0. The molecular formula is C19H19N5. The van der Waals surface area contributed by atoms with E-state index >= 15 is 0 Å². The van der Waals surface area contributed by atoms with Crippen molar-refractivity contribution < 1.29 is 0 Å². The van der Waals surface area contributed by atoms with Gasteiger partial charge in [-0.15, -0.1) is 0 Å². The Labute approximate surface area is 140 Å². The van der Waals surface area contributed by atoms with Crippen molar-refractivity contribution in [3.63, 3.8) is 0 Å². The number of aromatic nitrogens is 4. The summed E-state index contributed by atoms with van der Waals surface area (Å²) in [5.74, 6) is 0. The molecule has 0 aliphatic heterocycles. The maximum absolute atomic E-state index is 4.62. The topological polar surface area (TPSA) is 58.5 Å². The molecule has 0 bridgehead atoms. The van der Waals surface area contributed by atoms with E-state index in [-0.39, 0.29) is 6.04 Å². The van der Waals surface area contributed by atoms with Crippen LogP contribution in [-0.4, -0.2) is 20.0 Å². The molecule has 0 radical (unpaired) electrons. The highest BCUT2D eigenvalue weighted by atomic mass is 15.3. The molecule has 2 aromatic carbocycles. The summed E-state index contributed by atoms with van der Waals surface area (Å²) in [5, 5.41) is 16.8. The summed E-state index contributed by atoms with van der Waals surface area (Å²) in [6.45, 7) is 2.84. The van der Waals surface area contributed by atoms with Crippen LogP contribution in [0.3, 0.4) is 0 Å². The van der Waals surface area contributed by atoms with E-state index in [1.165, 1.54) is 0 Å². The van der Waals surface area contributed by atoms with Gasteiger partial charge in [-0.05, 0) is 31.2 Å². The fourth-order valence-corrected chi connectivity index (χ4v) is 2.85. The summed E-state index contributed by atoms with van der Waals surface area (Å²) in [5.41, 5.74) is 4.17. The van der Waals surface area contributed by atoms with Crippen LogP contribution in [0.15, 0.2) is 66.9 Å². The van der Waals surface area contributed by atoms with E-state index in [1.54, 1.807) is 0 Å². The maximum Gasteiger partial charge on any atom is 0.0924 e. The molecule has 0 fully saturated rings. The number of benzene rings is 2. The molecular weight excluding hydrogens is 298 g/mol. The monoisotopic (exact) mass is 317 g/mol. The van der Waals surface area contributed by atoms with Gasteiger partial charge in [0.1, 0.15) is 0 Å². The molecule has 0 saturated carbocycles. The second-order valence-corrected chi connectivity index (χ2v) is 5.84. The highest BCUT2D eigenvalue weighted by Gasteiger charge is 2.12. The van der Waals surface area contributed by atoms with Crippen molar-refractivity contribution in [3.8, 4) is 5.69 Å². The van der Waals surface area contributed by atoms with Crippen molar-refractivity contribution in [1.82, 2.24) is 25.3 Å². The lowest BCUT2D eigenvalue weighted by atomic mass is 10.1. The van der Waals surface area contributed by atoms with E-state index in [4.69, 9.17) is 0 Å². The van der Waals surface area contributed by atoms with Gasteiger partial charge < -0.3 is 5.32 Å². The average Bonchev–Trinajstić information content (AvgIpc) is 3.27. The van der Waals surface area contributed by atoms with Gasteiger partial charge in [0.15, 0.2) is 0 Å². The Hall–Kier alpha value is -2.92. The minimum atomic E-state index is 0.166. The minimum Gasteiger partial charge on any atom is -0.303 e. The molecule has 24 heavy (non-hydrogen) atoms. The third-order valence-corrected chi connectivity index (χ3v) is 4.18. The molecule has 0 aliphatic rings. The number of rotatable bonds is 5. The molecule has 2 heterocycles. The maximum atomic E-state index is 4.62. The van der Waals surface area contributed by atoms with Crippen LogP contribution in [-0.2, 0) is 6.54 Å². The van der Waals surface area contributed by atoms with Crippen LogP contribution >= 0.6 is 0 Å². The highest BCUT2D eigenvalue weighted by molar-refractivity contribution is 5.81. The standard InChI is InChI=1S/C19H19N5/c1-14(19-17-9-5-6-10-18(17)21-22-19)20-13-15-11-12-24(23-15)16-7-3-2-4-8-16/h2-12,14,20H,13H2,1H3,(H,21,22). The normalized spacial score (nSPS) is 12.5. The first-order valence-corrected chi connectivity index (χ1v) is 8.07. The van der Waals surface area contributed by atoms with Crippen LogP contribution in [0.2, 0.25) is 0 Å². The number of H-pyrrole nitrogens is 1. The van der Waals surface area contributed by atoms with Gasteiger partial charge in [0.25, 0.3) is 0 Å². The fourth-order valence-electron chi connectivity index (χ4n) is 2.85. The molecule has 5 heteroatoms. The van der Waals surface area contributed by atoms with E-state index in [1.807, 2.05) is 65.5 Å². The van der Waals surface area contributed by atoms with Crippen LogP contribution in [0.5, 0.6) is 0 Å². The highest BCUT2D eigenvalue weighted by Crippen LogP contribution is 2.21. The Bertz CT molecular complexity index is 938. The molecule has 0 aliphatic carbocycles. The molecule has 0 saturated heterocycles. The first-order valence-electron chi connectivity index (χ1n) is 8.07. The number of hydrogen-bond acceptors (Lipinski definition) is 3. The molecule has 0 amide bonds. The summed E-state index contributed by atoms with van der Waals surface area (Å²) in [7, 11) is 0. The zero-order valence-corrected chi connectivity index (χ0v) is 13.5. The lowest BCUT2D eigenvalue weighted by Crippen LogP contribution is -2.19. The molecule has 120 valence electrons. The molecule has 2 aromatic heterocycles. The molecule has 0 spiro atoms. The fraction of sp³-hybridized carbons (Fsp3) is 0.158. The Morgan fingerprint density at radius 3 is 2.71 bits per heavy atom. The Morgan fingerprint density at radius 1 is 1.04 bits per heavy atom. The van der Waals surface area contributed by atoms with Gasteiger partial charge in [-0.1, -0.05) is 36.4 Å². The first-order chi connectivity index (χ1) is 11.8. The summed E-state index contributed by atoms with van der Waals surface area (Å²) < 4.78 is 1.90. The predicted octanol–water partition coefficient (Wildman–Crippen LogP) is 3.60. The van der Waals surface area contributed by atoms with Crippen molar-refractivity contribution in [2.45, 2.75) is 19.5 Å². The zero-order valence-electron chi connectivity index (χ0n) is 13.5. The number of aromatic amines is 1. The second kappa shape index (κ2) is 6.29. The van der Waals surface area contributed by atoms with Gasteiger partial charge in [-0.3, -0.25) is 5.10 Å². The van der Waals surface area contributed by atoms with Crippen LogP contribution in [0.4, 0.5) is 0 Å². The number of hydrogen-bond donors (Lipinski definition) is 2. The van der Waals surface area contributed by atoms with Crippen molar-refractivity contribution >= 4 is 10.9 Å². The van der Waals surface area contributed by atoms with E-state index in [9.17, 15) is 0 Å². The lowest BCUT2D eigenvalue weighted by Gasteiger charge is -2.11. The molecule has 4 rings (SSSR count). The van der Waals surface area contributed by atoms with Crippen LogP contribution in [0.25, 0.3) is 16.6 Å². The van der Waals surface area contributed by atoms with Crippen LogP contribution < -0.4 is 5.32 Å². The first kappa shape index (κ1) is 14.7. The Balaban J connectivity index is 1.46. The predicted molar refractivity (Wildman–Crippen MR) is 94.9 cm³/mol. The zero-order chi connectivity index (χ0) is 16.4. The summed E-state index contributed by atoms with van der Waals surface area (Å²) in [6.07, 6.45) is 1.99. The second-order valence-electron chi connectivity index (χ2n) is 5.84. The van der Waals surface area contributed by atoms with Gasteiger partial charge in [0.05, 0.1) is 22.6 Å². The van der Waals surface area contributed by atoms with Gasteiger partial charge in [0.2, 0.25) is 0 Å². The summed E-state index contributed by atoms with van der Waals surface area (Å²) in [4.78, 5) is 0. The molecule has 2 N–H and O–H groups in total.